The summed E-state index contributed by atoms with van der Waals surface area (Å²) in [6.45, 7) is 6.49. The summed E-state index contributed by atoms with van der Waals surface area (Å²) in [6, 6.07) is 6.09. The van der Waals surface area contributed by atoms with Crippen molar-refractivity contribution >= 4 is 26.8 Å². The molecule has 1 heterocycles. The van der Waals surface area contributed by atoms with Crippen molar-refractivity contribution < 1.29 is 0 Å². The van der Waals surface area contributed by atoms with E-state index in [1.165, 1.54) is 0 Å². The van der Waals surface area contributed by atoms with Gasteiger partial charge in [0.15, 0.2) is 0 Å². The van der Waals surface area contributed by atoms with Gasteiger partial charge in [0.05, 0.1) is 11.2 Å². The molecule has 0 spiro atoms. The summed E-state index contributed by atoms with van der Waals surface area (Å²) < 4.78 is 1.02. The molecule has 0 atom stereocenters. The van der Waals surface area contributed by atoms with Crippen molar-refractivity contribution in [1.82, 2.24) is 9.97 Å². The van der Waals surface area contributed by atoms with E-state index in [9.17, 15) is 0 Å². The number of rotatable bonds is 0. The average Bonchev–Trinajstić information content (AvgIpc) is 2.16. The fourth-order valence-corrected chi connectivity index (χ4v) is 2.12. The molecule has 1 aromatic carbocycles. The molecular formula is C12H13BrN2. The Balaban J connectivity index is 2.83. The average molecular weight is 265 g/mol. The molecule has 3 heteroatoms. The third kappa shape index (κ3) is 1.88. The Morgan fingerprint density at radius 1 is 1.13 bits per heavy atom. The Hall–Kier alpha value is -0.960. The van der Waals surface area contributed by atoms with Crippen molar-refractivity contribution in [2.75, 3.05) is 0 Å². The van der Waals surface area contributed by atoms with E-state index in [2.05, 4.69) is 52.7 Å². The van der Waals surface area contributed by atoms with Crippen LogP contribution in [-0.4, -0.2) is 9.97 Å². The number of fused-ring (bicyclic) bond motifs is 1. The summed E-state index contributed by atoms with van der Waals surface area (Å²) in [7, 11) is 0. The quantitative estimate of drug-likeness (QED) is 0.726. The fraction of sp³-hybridized carbons (Fsp3) is 0.333. The second kappa shape index (κ2) is 3.56. The summed E-state index contributed by atoms with van der Waals surface area (Å²) in [5.74, 6) is 0. The van der Waals surface area contributed by atoms with Crippen LogP contribution in [0.2, 0.25) is 0 Å². The van der Waals surface area contributed by atoms with Crippen LogP contribution in [0.3, 0.4) is 0 Å². The van der Waals surface area contributed by atoms with Crippen LogP contribution >= 0.6 is 15.9 Å². The SMILES string of the molecule is CC(C)(C)c1ncnc2c(Br)cccc12. The molecule has 0 aliphatic heterocycles. The third-order valence-corrected chi connectivity index (χ3v) is 2.97. The Bertz CT molecular complexity index is 500. The zero-order valence-corrected chi connectivity index (χ0v) is 10.7. The van der Waals surface area contributed by atoms with E-state index in [-0.39, 0.29) is 5.41 Å². The van der Waals surface area contributed by atoms with Gasteiger partial charge in [-0.2, -0.15) is 0 Å². The van der Waals surface area contributed by atoms with Crippen molar-refractivity contribution in [2.24, 2.45) is 0 Å². The number of benzene rings is 1. The standard InChI is InChI=1S/C12H13BrN2/c1-12(2,3)11-8-5-4-6-9(13)10(8)14-7-15-11/h4-7H,1-3H3. The van der Waals surface area contributed by atoms with Gasteiger partial charge in [-0.3, -0.25) is 0 Å². The summed E-state index contributed by atoms with van der Waals surface area (Å²) in [4.78, 5) is 8.68. The molecule has 0 aliphatic carbocycles. The maximum atomic E-state index is 4.39. The molecule has 0 amide bonds. The predicted octanol–water partition coefficient (Wildman–Crippen LogP) is 3.69. The minimum Gasteiger partial charge on any atom is -0.240 e. The lowest BCUT2D eigenvalue weighted by Gasteiger charge is -2.19. The van der Waals surface area contributed by atoms with Crippen LogP contribution in [0.4, 0.5) is 0 Å². The first-order valence-electron chi connectivity index (χ1n) is 4.90. The highest BCUT2D eigenvalue weighted by atomic mass is 79.9. The van der Waals surface area contributed by atoms with Gasteiger partial charge in [0.1, 0.15) is 6.33 Å². The van der Waals surface area contributed by atoms with Crippen LogP contribution in [0.5, 0.6) is 0 Å². The highest BCUT2D eigenvalue weighted by molar-refractivity contribution is 9.10. The van der Waals surface area contributed by atoms with E-state index in [0.29, 0.717) is 0 Å². The van der Waals surface area contributed by atoms with E-state index in [1.807, 2.05) is 12.1 Å². The van der Waals surface area contributed by atoms with E-state index < -0.39 is 0 Å². The van der Waals surface area contributed by atoms with Crippen LogP contribution in [0.1, 0.15) is 26.5 Å². The second-order valence-electron chi connectivity index (χ2n) is 4.61. The Morgan fingerprint density at radius 2 is 1.87 bits per heavy atom. The van der Waals surface area contributed by atoms with Crippen LogP contribution in [-0.2, 0) is 5.41 Å². The van der Waals surface area contributed by atoms with Gasteiger partial charge in [-0.1, -0.05) is 32.9 Å². The molecule has 2 nitrogen and oxygen atoms in total. The number of aromatic nitrogens is 2. The fourth-order valence-electron chi connectivity index (χ4n) is 1.65. The highest BCUT2D eigenvalue weighted by Gasteiger charge is 2.19. The van der Waals surface area contributed by atoms with Gasteiger partial charge >= 0.3 is 0 Å². The van der Waals surface area contributed by atoms with E-state index >= 15 is 0 Å². The molecule has 0 bridgehead atoms. The van der Waals surface area contributed by atoms with Crippen molar-refractivity contribution in [1.29, 1.82) is 0 Å². The zero-order valence-electron chi connectivity index (χ0n) is 9.08. The highest BCUT2D eigenvalue weighted by Crippen LogP contribution is 2.29. The van der Waals surface area contributed by atoms with Crippen molar-refractivity contribution in [2.45, 2.75) is 26.2 Å². The molecule has 78 valence electrons. The predicted molar refractivity (Wildman–Crippen MR) is 65.9 cm³/mol. The summed E-state index contributed by atoms with van der Waals surface area (Å²) >= 11 is 3.51. The number of hydrogen-bond donors (Lipinski definition) is 0. The summed E-state index contributed by atoms with van der Waals surface area (Å²) in [5.41, 5.74) is 2.12. The number of para-hydroxylation sites is 1. The molecule has 2 rings (SSSR count). The molecule has 0 radical (unpaired) electrons. The van der Waals surface area contributed by atoms with Crippen LogP contribution < -0.4 is 0 Å². The molecule has 2 aromatic rings. The maximum Gasteiger partial charge on any atom is 0.116 e. The Kier molecular flexibility index (Phi) is 2.51. The number of hydrogen-bond acceptors (Lipinski definition) is 2. The number of nitrogens with zero attached hydrogens (tertiary/aromatic N) is 2. The lowest BCUT2D eigenvalue weighted by Crippen LogP contribution is -2.14. The van der Waals surface area contributed by atoms with Crippen molar-refractivity contribution in [3.8, 4) is 0 Å². The van der Waals surface area contributed by atoms with Gasteiger partial charge in [0.2, 0.25) is 0 Å². The molecule has 0 saturated heterocycles. The molecule has 0 fully saturated rings. The molecule has 15 heavy (non-hydrogen) atoms. The largest absolute Gasteiger partial charge is 0.240 e. The topological polar surface area (TPSA) is 25.8 Å². The Morgan fingerprint density at radius 3 is 2.53 bits per heavy atom. The van der Waals surface area contributed by atoms with Crippen molar-refractivity contribution in [3.05, 3.63) is 34.7 Å². The molecule has 1 aromatic heterocycles. The van der Waals surface area contributed by atoms with Crippen molar-refractivity contribution in [3.63, 3.8) is 0 Å². The van der Waals surface area contributed by atoms with Crippen LogP contribution in [0.15, 0.2) is 29.0 Å². The van der Waals surface area contributed by atoms with Gasteiger partial charge in [0.25, 0.3) is 0 Å². The first kappa shape index (κ1) is 10.6. The molecular weight excluding hydrogens is 252 g/mol. The molecule has 0 unspecified atom stereocenters. The minimum atomic E-state index is 0.0436. The smallest absolute Gasteiger partial charge is 0.116 e. The minimum absolute atomic E-state index is 0.0436. The maximum absolute atomic E-state index is 4.39. The molecule has 0 aliphatic rings. The van der Waals surface area contributed by atoms with Gasteiger partial charge in [0, 0.05) is 15.3 Å². The lowest BCUT2D eigenvalue weighted by atomic mass is 9.89. The third-order valence-electron chi connectivity index (χ3n) is 2.33. The second-order valence-corrected chi connectivity index (χ2v) is 5.46. The number of halogens is 1. The summed E-state index contributed by atoms with van der Waals surface area (Å²) in [6.07, 6.45) is 1.63. The molecule has 0 N–H and O–H groups in total. The van der Waals surface area contributed by atoms with Gasteiger partial charge in [-0.15, -0.1) is 0 Å². The van der Waals surface area contributed by atoms with E-state index in [4.69, 9.17) is 0 Å². The summed E-state index contributed by atoms with van der Waals surface area (Å²) in [5, 5.41) is 1.12. The van der Waals surface area contributed by atoms with Crippen LogP contribution in [0, 0.1) is 0 Å². The first-order valence-corrected chi connectivity index (χ1v) is 5.69. The van der Waals surface area contributed by atoms with Gasteiger partial charge in [-0.05, 0) is 22.0 Å². The van der Waals surface area contributed by atoms with E-state index in [0.717, 1.165) is 21.1 Å². The normalized spacial score (nSPS) is 12.0. The zero-order chi connectivity index (χ0) is 11.1. The lowest BCUT2D eigenvalue weighted by molar-refractivity contribution is 0.574. The first-order chi connectivity index (χ1) is 7.00. The molecule has 0 saturated carbocycles. The van der Waals surface area contributed by atoms with Crippen LogP contribution in [0.25, 0.3) is 10.9 Å². The van der Waals surface area contributed by atoms with E-state index in [1.54, 1.807) is 6.33 Å². The van der Waals surface area contributed by atoms with Gasteiger partial charge < -0.3 is 0 Å². The monoisotopic (exact) mass is 264 g/mol. The van der Waals surface area contributed by atoms with Gasteiger partial charge in [-0.25, -0.2) is 9.97 Å². The Labute approximate surface area is 97.9 Å².